The number of rotatable bonds is 2. The lowest BCUT2D eigenvalue weighted by atomic mass is 10.0. The van der Waals surface area contributed by atoms with Crippen LogP contribution in [0.4, 0.5) is 0 Å². The fourth-order valence-electron chi connectivity index (χ4n) is 1.90. The molecular formula is C13H13NO3. The Morgan fingerprint density at radius 2 is 2.00 bits per heavy atom. The Kier molecular flexibility index (Phi) is 2.71. The van der Waals surface area contributed by atoms with E-state index in [4.69, 9.17) is 4.74 Å². The van der Waals surface area contributed by atoms with Crippen molar-refractivity contribution in [3.8, 4) is 5.75 Å². The van der Waals surface area contributed by atoms with Gasteiger partial charge in [0.25, 0.3) is 0 Å². The molecule has 0 saturated carbocycles. The van der Waals surface area contributed by atoms with Gasteiger partial charge in [-0.3, -0.25) is 4.98 Å². The number of aromatic carboxylic acids is 1. The van der Waals surface area contributed by atoms with Gasteiger partial charge in [0.2, 0.25) is 0 Å². The molecule has 0 fully saturated rings. The summed E-state index contributed by atoms with van der Waals surface area (Å²) in [6.07, 6.45) is 0. The number of pyridine rings is 1. The summed E-state index contributed by atoms with van der Waals surface area (Å²) in [4.78, 5) is 15.5. The molecule has 0 aliphatic heterocycles. The molecule has 0 spiro atoms. The van der Waals surface area contributed by atoms with Gasteiger partial charge in [-0.25, -0.2) is 4.79 Å². The lowest BCUT2D eigenvalue weighted by molar-refractivity contribution is 0.0698. The summed E-state index contributed by atoms with van der Waals surface area (Å²) >= 11 is 0. The number of carbonyl (C=O) groups is 1. The van der Waals surface area contributed by atoms with Gasteiger partial charge in [0.05, 0.1) is 18.2 Å². The van der Waals surface area contributed by atoms with Crippen molar-refractivity contribution in [2.45, 2.75) is 13.8 Å². The Balaban J connectivity index is 2.93. The molecule has 0 atom stereocenters. The topological polar surface area (TPSA) is 59.4 Å². The van der Waals surface area contributed by atoms with Crippen molar-refractivity contribution in [2.75, 3.05) is 7.11 Å². The maximum Gasteiger partial charge on any atom is 0.337 e. The van der Waals surface area contributed by atoms with Crippen LogP contribution in [-0.2, 0) is 0 Å². The number of ether oxygens (including phenoxy) is 1. The lowest BCUT2D eigenvalue weighted by Crippen LogP contribution is -2.01. The third kappa shape index (κ3) is 1.93. The average Bonchev–Trinajstić information content (AvgIpc) is 2.27. The number of aryl methyl sites for hydroxylation is 2. The largest absolute Gasteiger partial charge is 0.496 e. The molecule has 1 aromatic carbocycles. The van der Waals surface area contributed by atoms with E-state index in [-0.39, 0.29) is 5.56 Å². The molecule has 1 aromatic heterocycles. The van der Waals surface area contributed by atoms with Crippen molar-refractivity contribution in [3.63, 3.8) is 0 Å². The number of methoxy groups -OCH3 is 1. The summed E-state index contributed by atoms with van der Waals surface area (Å²) in [7, 11) is 1.57. The van der Waals surface area contributed by atoms with Gasteiger partial charge >= 0.3 is 5.97 Å². The van der Waals surface area contributed by atoms with Crippen LogP contribution in [0.3, 0.4) is 0 Å². The van der Waals surface area contributed by atoms with Crippen molar-refractivity contribution in [1.82, 2.24) is 4.98 Å². The number of benzene rings is 1. The number of carboxylic acid groups (broad SMARTS) is 1. The lowest BCUT2D eigenvalue weighted by Gasteiger charge is -2.09. The summed E-state index contributed by atoms with van der Waals surface area (Å²) in [5.74, 6) is -0.322. The van der Waals surface area contributed by atoms with Gasteiger partial charge in [0.15, 0.2) is 0 Å². The highest BCUT2D eigenvalue weighted by Crippen LogP contribution is 2.28. The van der Waals surface area contributed by atoms with Gasteiger partial charge in [-0.05, 0) is 31.5 Å². The third-order valence-corrected chi connectivity index (χ3v) is 2.60. The van der Waals surface area contributed by atoms with Crippen molar-refractivity contribution in [2.24, 2.45) is 0 Å². The minimum Gasteiger partial charge on any atom is -0.496 e. The maximum atomic E-state index is 11.2. The van der Waals surface area contributed by atoms with Crippen LogP contribution in [0.5, 0.6) is 5.75 Å². The van der Waals surface area contributed by atoms with Gasteiger partial charge in [-0.1, -0.05) is 0 Å². The van der Waals surface area contributed by atoms with Crippen LogP contribution < -0.4 is 4.74 Å². The highest BCUT2D eigenvalue weighted by Gasteiger charge is 2.14. The predicted molar refractivity (Wildman–Crippen MR) is 64.7 cm³/mol. The number of hydrogen-bond donors (Lipinski definition) is 1. The maximum absolute atomic E-state index is 11.2. The molecule has 0 saturated heterocycles. The first kappa shape index (κ1) is 11.4. The molecule has 2 rings (SSSR count). The highest BCUT2D eigenvalue weighted by molar-refractivity contribution is 6.03. The Morgan fingerprint density at radius 3 is 2.59 bits per heavy atom. The Labute approximate surface area is 98.9 Å². The fourth-order valence-corrected chi connectivity index (χ4v) is 1.90. The van der Waals surface area contributed by atoms with Gasteiger partial charge in [0.1, 0.15) is 5.75 Å². The molecule has 2 aromatic rings. The minimum absolute atomic E-state index is 0.210. The normalized spacial score (nSPS) is 10.5. The monoisotopic (exact) mass is 231 g/mol. The second kappa shape index (κ2) is 4.05. The minimum atomic E-state index is -0.973. The molecule has 88 valence electrons. The molecule has 0 unspecified atom stereocenters. The Hall–Kier alpha value is -2.10. The molecule has 0 amide bonds. The first-order valence-electron chi connectivity index (χ1n) is 5.22. The van der Waals surface area contributed by atoms with E-state index in [0.29, 0.717) is 11.3 Å². The molecule has 4 heteroatoms. The van der Waals surface area contributed by atoms with E-state index in [0.717, 1.165) is 16.6 Å². The van der Waals surface area contributed by atoms with Crippen molar-refractivity contribution >= 4 is 16.9 Å². The third-order valence-electron chi connectivity index (χ3n) is 2.60. The predicted octanol–water partition coefficient (Wildman–Crippen LogP) is 2.56. The van der Waals surface area contributed by atoms with E-state index in [1.807, 2.05) is 19.9 Å². The number of carboxylic acids is 1. The van der Waals surface area contributed by atoms with E-state index in [2.05, 4.69) is 4.98 Å². The zero-order valence-corrected chi connectivity index (χ0v) is 9.94. The standard InChI is InChI=1S/C13H13NO3/c1-7-4-9-11(17-3)6-8(2)14-12(9)10(5-7)13(15)16/h4-6H,1-3H3,(H,15,16). The molecule has 17 heavy (non-hydrogen) atoms. The van der Waals surface area contributed by atoms with Crippen LogP contribution in [0, 0.1) is 13.8 Å². The summed E-state index contributed by atoms with van der Waals surface area (Å²) in [5.41, 5.74) is 2.29. The zero-order valence-electron chi connectivity index (χ0n) is 9.94. The highest BCUT2D eigenvalue weighted by atomic mass is 16.5. The van der Waals surface area contributed by atoms with Gasteiger partial charge < -0.3 is 9.84 Å². The van der Waals surface area contributed by atoms with Crippen molar-refractivity contribution in [1.29, 1.82) is 0 Å². The van der Waals surface area contributed by atoms with Crippen molar-refractivity contribution < 1.29 is 14.6 Å². The number of aromatic nitrogens is 1. The SMILES string of the molecule is COc1cc(C)nc2c(C(=O)O)cc(C)cc12. The van der Waals surface area contributed by atoms with Crippen LogP contribution >= 0.6 is 0 Å². The summed E-state index contributed by atoms with van der Waals surface area (Å²) in [6.45, 7) is 3.67. The van der Waals surface area contributed by atoms with Crippen LogP contribution in [0.1, 0.15) is 21.6 Å². The van der Waals surface area contributed by atoms with E-state index in [1.165, 1.54) is 0 Å². The summed E-state index contributed by atoms with van der Waals surface area (Å²) < 4.78 is 5.27. The molecular weight excluding hydrogens is 218 g/mol. The second-order valence-corrected chi connectivity index (χ2v) is 3.98. The zero-order chi connectivity index (χ0) is 12.6. The number of fused-ring (bicyclic) bond motifs is 1. The second-order valence-electron chi connectivity index (χ2n) is 3.98. The molecule has 0 bridgehead atoms. The molecule has 0 aliphatic carbocycles. The number of hydrogen-bond acceptors (Lipinski definition) is 3. The van der Waals surface area contributed by atoms with Gasteiger partial charge in [-0.2, -0.15) is 0 Å². The fraction of sp³-hybridized carbons (Fsp3) is 0.231. The molecule has 4 nitrogen and oxygen atoms in total. The average molecular weight is 231 g/mol. The van der Waals surface area contributed by atoms with Gasteiger partial charge in [0, 0.05) is 17.1 Å². The molecule has 1 heterocycles. The van der Waals surface area contributed by atoms with Crippen LogP contribution in [0.2, 0.25) is 0 Å². The first-order valence-corrected chi connectivity index (χ1v) is 5.22. The summed E-state index contributed by atoms with van der Waals surface area (Å²) in [5, 5.41) is 9.91. The van der Waals surface area contributed by atoms with Gasteiger partial charge in [-0.15, -0.1) is 0 Å². The van der Waals surface area contributed by atoms with Crippen LogP contribution in [0.25, 0.3) is 10.9 Å². The number of nitrogens with zero attached hydrogens (tertiary/aromatic N) is 1. The molecule has 0 aliphatic rings. The van der Waals surface area contributed by atoms with E-state index >= 15 is 0 Å². The smallest absolute Gasteiger partial charge is 0.337 e. The summed E-state index contributed by atoms with van der Waals surface area (Å²) in [6, 6.07) is 5.30. The van der Waals surface area contributed by atoms with E-state index < -0.39 is 5.97 Å². The van der Waals surface area contributed by atoms with E-state index in [1.54, 1.807) is 19.2 Å². The van der Waals surface area contributed by atoms with Crippen LogP contribution in [0.15, 0.2) is 18.2 Å². The quantitative estimate of drug-likeness (QED) is 0.862. The molecule has 1 N–H and O–H groups in total. The van der Waals surface area contributed by atoms with Crippen LogP contribution in [-0.4, -0.2) is 23.2 Å². The van der Waals surface area contributed by atoms with E-state index in [9.17, 15) is 9.90 Å². The molecule has 0 radical (unpaired) electrons. The Morgan fingerprint density at radius 1 is 1.29 bits per heavy atom. The van der Waals surface area contributed by atoms with Crippen molar-refractivity contribution in [3.05, 3.63) is 35.0 Å². The first-order chi connectivity index (χ1) is 8.02. The Bertz CT molecular complexity index is 605.